The van der Waals surface area contributed by atoms with E-state index in [-0.39, 0.29) is 11.6 Å². The van der Waals surface area contributed by atoms with Crippen LogP contribution in [0.4, 0.5) is 5.00 Å². The molecule has 0 aliphatic heterocycles. The van der Waals surface area contributed by atoms with Gasteiger partial charge in [-0.25, -0.2) is 0 Å². The van der Waals surface area contributed by atoms with Crippen LogP contribution in [-0.4, -0.2) is 38.4 Å². The van der Waals surface area contributed by atoms with Crippen LogP contribution < -0.4 is 19.9 Å². The summed E-state index contributed by atoms with van der Waals surface area (Å²) < 4.78 is 11.6. The van der Waals surface area contributed by atoms with Crippen LogP contribution >= 0.6 is 11.5 Å². The maximum atomic E-state index is 11.9. The van der Waals surface area contributed by atoms with Crippen molar-refractivity contribution in [1.29, 1.82) is 0 Å². The number of benzene rings is 1. The van der Waals surface area contributed by atoms with Crippen LogP contribution in [0.5, 0.6) is 5.75 Å². The molecule has 0 spiro atoms. The van der Waals surface area contributed by atoms with E-state index in [1.165, 1.54) is 11.5 Å². The Labute approximate surface area is 126 Å². The van der Waals surface area contributed by atoms with Crippen molar-refractivity contribution in [1.82, 2.24) is 10.4 Å². The van der Waals surface area contributed by atoms with Gasteiger partial charge in [-0.15, -0.1) is 0 Å². The van der Waals surface area contributed by atoms with Crippen LogP contribution in [0.2, 0.25) is 0 Å². The number of carbonyl (C=O) groups is 1. The highest BCUT2D eigenvalue weighted by molar-refractivity contribution is 7.06. The first-order chi connectivity index (χ1) is 10.2. The maximum Gasteiger partial charge on any atom is 0.279 e. The summed E-state index contributed by atoms with van der Waals surface area (Å²) in [7, 11) is 3.17. The Hall–Kier alpha value is -2.19. The first-order valence-electron chi connectivity index (χ1n) is 6.26. The maximum absolute atomic E-state index is 11.9. The molecule has 8 heteroatoms. The normalized spacial score (nSPS) is 10.4. The smallest absolute Gasteiger partial charge is 0.279 e. The van der Waals surface area contributed by atoms with E-state index < -0.39 is 0 Å². The van der Waals surface area contributed by atoms with E-state index in [1.54, 1.807) is 18.3 Å². The van der Waals surface area contributed by atoms with Gasteiger partial charge in [-0.2, -0.15) is 0 Å². The SMILES string of the molecule is COCCNC(=O)c1n[n+](-c2ccc(OC)cc2)sc1N. The third-order valence-corrected chi connectivity index (χ3v) is 3.56. The van der Waals surface area contributed by atoms with Crippen molar-refractivity contribution in [2.75, 3.05) is 33.1 Å². The van der Waals surface area contributed by atoms with Crippen LogP contribution in [0.15, 0.2) is 24.3 Å². The number of aromatic nitrogens is 2. The van der Waals surface area contributed by atoms with Crippen LogP contribution in [0.1, 0.15) is 10.5 Å². The van der Waals surface area contributed by atoms with Crippen molar-refractivity contribution in [3.8, 4) is 11.4 Å². The van der Waals surface area contributed by atoms with Crippen LogP contribution in [-0.2, 0) is 4.74 Å². The first kappa shape index (κ1) is 15.2. The van der Waals surface area contributed by atoms with Gasteiger partial charge >= 0.3 is 0 Å². The molecule has 1 amide bonds. The van der Waals surface area contributed by atoms with E-state index in [0.29, 0.717) is 18.2 Å². The van der Waals surface area contributed by atoms with Crippen molar-refractivity contribution in [3.63, 3.8) is 0 Å². The summed E-state index contributed by atoms with van der Waals surface area (Å²) in [6.45, 7) is 0.850. The fourth-order valence-electron chi connectivity index (χ4n) is 1.62. The minimum absolute atomic E-state index is 0.215. The second-order valence-corrected chi connectivity index (χ2v) is 5.09. The van der Waals surface area contributed by atoms with Crippen molar-refractivity contribution < 1.29 is 18.3 Å². The zero-order valence-corrected chi connectivity index (χ0v) is 12.6. The van der Waals surface area contributed by atoms with Crippen molar-refractivity contribution in [2.24, 2.45) is 0 Å². The average Bonchev–Trinajstić information content (AvgIpc) is 2.89. The number of anilines is 1. The van der Waals surface area contributed by atoms with E-state index in [9.17, 15) is 4.79 Å². The Balaban J connectivity index is 2.15. The van der Waals surface area contributed by atoms with Gasteiger partial charge in [0.05, 0.1) is 13.7 Å². The Kier molecular flexibility index (Phi) is 5.07. The van der Waals surface area contributed by atoms with Crippen LogP contribution in [0.3, 0.4) is 0 Å². The fraction of sp³-hybridized carbons (Fsp3) is 0.308. The molecule has 1 heterocycles. The lowest BCUT2D eigenvalue weighted by molar-refractivity contribution is -0.588. The molecule has 0 saturated carbocycles. The number of nitrogens with one attached hydrogen (secondary N) is 1. The Bertz CT molecular complexity index is 612. The highest BCUT2D eigenvalue weighted by Gasteiger charge is 2.24. The van der Waals surface area contributed by atoms with Gasteiger partial charge in [0.2, 0.25) is 5.69 Å². The quantitative estimate of drug-likeness (QED) is 0.595. The second-order valence-electron chi connectivity index (χ2n) is 4.12. The minimum Gasteiger partial charge on any atom is -0.497 e. The lowest BCUT2D eigenvalue weighted by atomic mass is 10.3. The number of methoxy groups -OCH3 is 2. The summed E-state index contributed by atoms with van der Waals surface area (Å²) in [4.78, 5) is 11.9. The molecule has 1 aromatic carbocycles. The predicted octanol–water partition coefficient (Wildman–Crippen LogP) is 0.387. The molecule has 21 heavy (non-hydrogen) atoms. The number of nitrogens with zero attached hydrogens (tertiary/aromatic N) is 2. The Morgan fingerprint density at radius 1 is 1.38 bits per heavy atom. The number of hydrogen-bond donors (Lipinski definition) is 2. The van der Waals surface area contributed by atoms with Gasteiger partial charge in [0.25, 0.3) is 11.6 Å². The first-order valence-corrected chi connectivity index (χ1v) is 7.03. The third-order valence-electron chi connectivity index (χ3n) is 2.71. The molecule has 0 aliphatic carbocycles. The summed E-state index contributed by atoms with van der Waals surface area (Å²) in [5.74, 6) is 0.439. The van der Waals surface area contributed by atoms with Crippen molar-refractivity contribution in [2.45, 2.75) is 0 Å². The number of nitrogen functional groups attached to an aromatic ring is 1. The minimum atomic E-state index is -0.312. The zero-order chi connectivity index (χ0) is 15.2. The molecule has 0 fully saturated rings. The topological polar surface area (TPSA) is 90.3 Å². The molecule has 0 radical (unpaired) electrons. The number of amides is 1. The van der Waals surface area contributed by atoms with Gasteiger partial charge in [0, 0.05) is 35.0 Å². The van der Waals surface area contributed by atoms with E-state index in [2.05, 4.69) is 10.4 Å². The zero-order valence-electron chi connectivity index (χ0n) is 11.8. The summed E-state index contributed by atoms with van der Waals surface area (Å²) in [6, 6.07) is 7.32. The predicted molar refractivity (Wildman–Crippen MR) is 78.8 cm³/mol. The number of hydrogen-bond acceptors (Lipinski definition) is 6. The molecule has 0 aliphatic rings. The molecular formula is C13H17N4O3S+. The van der Waals surface area contributed by atoms with Gasteiger partial charge in [-0.3, -0.25) is 4.79 Å². The van der Waals surface area contributed by atoms with Crippen molar-refractivity contribution in [3.05, 3.63) is 30.0 Å². The summed E-state index contributed by atoms with van der Waals surface area (Å²) >= 11 is 1.20. The van der Waals surface area contributed by atoms with Crippen molar-refractivity contribution >= 4 is 22.4 Å². The lowest BCUT2D eigenvalue weighted by Crippen LogP contribution is -2.32. The Morgan fingerprint density at radius 2 is 2.10 bits per heavy atom. The van der Waals surface area contributed by atoms with Crippen LogP contribution in [0.25, 0.3) is 5.69 Å². The standard InChI is InChI=1S/C13H16N4O3S/c1-19-8-7-15-13(18)11-12(14)21-17(16-11)9-3-5-10(20-2)6-4-9/h3-6,14H,7-8H2,1-2H3,(H,15,18)/p+1. The van der Waals surface area contributed by atoms with E-state index >= 15 is 0 Å². The van der Waals surface area contributed by atoms with Gasteiger partial charge in [0.15, 0.2) is 16.5 Å². The molecule has 112 valence electrons. The fourth-order valence-corrected chi connectivity index (χ4v) is 2.38. The van der Waals surface area contributed by atoms with E-state index in [4.69, 9.17) is 15.2 Å². The Morgan fingerprint density at radius 3 is 2.71 bits per heavy atom. The average molecular weight is 309 g/mol. The highest BCUT2D eigenvalue weighted by Crippen LogP contribution is 2.16. The molecule has 2 rings (SSSR count). The molecule has 0 bridgehead atoms. The van der Waals surface area contributed by atoms with E-state index in [0.717, 1.165) is 11.4 Å². The van der Waals surface area contributed by atoms with Gasteiger partial charge in [-0.1, -0.05) is 0 Å². The number of rotatable bonds is 6. The monoisotopic (exact) mass is 309 g/mol. The molecule has 0 saturated heterocycles. The number of ether oxygens (including phenoxy) is 2. The summed E-state index contributed by atoms with van der Waals surface area (Å²) in [5, 5.41) is 7.28. The highest BCUT2D eigenvalue weighted by atomic mass is 32.1. The largest absolute Gasteiger partial charge is 0.497 e. The molecule has 1 aromatic heterocycles. The summed E-state index contributed by atoms with van der Waals surface area (Å²) in [5.41, 5.74) is 6.88. The molecule has 3 N–H and O–H groups in total. The molecule has 0 atom stereocenters. The number of nitrogens with two attached hydrogens (primary N) is 1. The third kappa shape index (κ3) is 3.67. The second kappa shape index (κ2) is 7.00. The number of carbonyl (C=O) groups excluding carboxylic acids is 1. The van der Waals surface area contributed by atoms with Gasteiger partial charge in [-0.05, 0) is 12.1 Å². The molecule has 2 aromatic rings. The lowest BCUT2D eigenvalue weighted by Gasteiger charge is -2.00. The van der Waals surface area contributed by atoms with Gasteiger partial charge in [0.1, 0.15) is 5.75 Å². The van der Waals surface area contributed by atoms with Crippen LogP contribution in [0, 0.1) is 0 Å². The van der Waals surface area contributed by atoms with Gasteiger partial charge < -0.3 is 20.5 Å². The molecule has 0 unspecified atom stereocenters. The summed E-state index contributed by atoms with van der Waals surface area (Å²) in [6.07, 6.45) is 0. The van der Waals surface area contributed by atoms with E-state index in [1.807, 2.05) is 24.3 Å². The molecular weight excluding hydrogens is 292 g/mol. The molecule has 7 nitrogen and oxygen atoms in total.